The van der Waals surface area contributed by atoms with Gasteiger partial charge >= 0.3 is 5.97 Å². The molecule has 0 amide bonds. The lowest BCUT2D eigenvalue weighted by atomic mass is 10.0. The molecular weight excluding hydrogens is 574 g/mol. The van der Waals surface area contributed by atoms with E-state index in [9.17, 15) is 4.79 Å². The third kappa shape index (κ3) is 37.1. The van der Waals surface area contributed by atoms with Crippen LogP contribution in [0.4, 0.5) is 0 Å². The average molecular weight is 656 g/mol. The first kappa shape index (κ1) is 45.4. The van der Waals surface area contributed by atoms with Crippen molar-refractivity contribution in [3.63, 3.8) is 0 Å². The van der Waals surface area contributed by atoms with Gasteiger partial charge in [-0.15, -0.1) is 0 Å². The molecule has 0 bridgehead atoms. The van der Waals surface area contributed by atoms with Gasteiger partial charge < -0.3 is 9.64 Å². The van der Waals surface area contributed by atoms with Gasteiger partial charge in [-0.1, -0.05) is 140 Å². The molecule has 0 aromatic rings. The summed E-state index contributed by atoms with van der Waals surface area (Å²) in [5.74, 6) is 0.856. The standard InChI is InChI=1S/C44H81NO2/c1-6-8-9-10-11-12-13-14-15-16-19-22-25-28-31-34-38-43(47-44(46)40-36-41-45(4)5)39-35-32-29-26-23-20-17-18-21-24-27-30-33-37-42(3)7-2/h11-12,14-15,18,21,27,30,42-43H,6-10,13,16-17,19-20,22-26,28-29,31-41H2,1-5H3/b12-11-,15-14-,21-18-,30-27-. The van der Waals surface area contributed by atoms with Crippen LogP contribution in [0, 0.1) is 5.92 Å². The highest BCUT2D eigenvalue weighted by molar-refractivity contribution is 5.69. The first-order valence-electron chi connectivity index (χ1n) is 20.4. The van der Waals surface area contributed by atoms with E-state index in [0.29, 0.717) is 6.42 Å². The Morgan fingerprint density at radius 3 is 1.47 bits per heavy atom. The summed E-state index contributed by atoms with van der Waals surface area (Å²) in [5.41, 5.74) is 0. The number of carbonyl (C=O) groups excluding carboxylic acids is 1. The molecule has 0 aromatic heterocycles. The van der Waals surface area contributed by atoms with Crippen LogP contribution in [-0.2, 0) is 9.53 Å². The number of nitrogens with zero attached hydrogens (tertiary/aromatic N) is 1. The highest BCUT2D eigenvalue weighted by Crippen LogP contribution is 2.18. The fraction of sp³-hybridized carbons (Fsp3) is 0.795. The molecule has 2 atom stereocenters. The normalized spacial score (nSPS) is 13.7. The molecule has 0 aliphatic carbocycles. The molecule has 3 heteroatoms. The SMILES string of the molecule is CCCCC/C=C\C/C=C\CCCCCCCCC(CCCCCCCC/C=C\C/C=C\CCC(C)CC)OC(=O)CCCN(C)C. The van der Waals surface area contributed by atoms with E-state index in [2.05, 4.69) is 88.4 Å². The summed E-state index contributed by atoms with van der Waals surface area (Å²) in [7, 11) is 4.12. The number of allylic oxidation sites excluding steroid dienone is 8. The van der Waals surface area contributed by atoms with Crippen LogP contribution in [0.1, 0.15) is 194 Å². The van der Waals surface area contributed by atoms with Crippen LogP contribution in [0.25, 0.3) is 0 Å². The Hall–Kier alpha value is -1.61. The first-order chi connectivity index (χ1) is 23.0. The van der Waals surface area contributed by atoms with Crippen LogP contribution in [-0.4, -0.2) is 37.6 Å². The van der Waals surface area contributed by atoms with Crippen molar-refractivity contribution in [1.82, 2.24) is 4.90 Å². The number of unbranched alkanes of at least 4 members (excludes halogenated alkanes) is 15. The lowest BCUT2D eigenvalue weighted by Gasteiger charge is -2.18. The molecule has 0 rings (SSSR count). The van der Waals surface area contributed by atoms with Crippen molar-refractivity contribution >= 4 is 5.97 Å². The van der Waals surface area contributed by atoms with Crippen molar-refractivity contribution < 1.29 is 9.53 Å². The number of esters is 1. The van der Waals surface area contributed by atoms with E-state index in [1.165, 1.54) is 135 Å². The van der Waals surface area contributed by atoms with Crippen LogP contribution in [0.3, 0.4) is 0 Å². The molecule has 0 aliphatic heterocycles. The molecule has 0 radical (unpaired) electrons. The second-order valence-corrected chi connectivity index (χ2v) is 14.4. The third-order valence-corrected chi connectivity index (χ3v) is 9.29. The largest absolute Gasteiger partial charge is 0.462 e. The van der Waals surface area contributed by atoms with Crippen LogP contribution in [0.5, 0.6) is 0 Å². The molecule has 3 nitrogen and oxygen atoms in total. The predicted molar refractivity (Wildman–Crippen MR) is 210 cm³/mol. The maximum Gasteiger partial charge on any atom is 0.306 e. The molecule has 47 heavy (non-hydrogen) atoms. The number of hydrogen-bond donors (Lipinski definition) is 0. The van der Waals surface area contributed by atoms with Gasteiger partial charge in [0.25, 0.3) is 0 Å². The Kier molecular flexibility index (Phi) is 35.9. The summed E-state index contributed by atoms with van der Waals surface area (Å²) < 4.78 is 6.00. The zero-order valence-corrected chi connectivity index (χ0v) is 32.3. The fourth-order valence-electron chi connectivity index (χ4n) is 5.84. The summed E-state index contributed by atoms with van der Waals surface area (Å²) >= 11 is 0. The summed E-state index contributed by atoms with van der Waals surface area (Å²) in [4.78, 5) is 14.7. The number of ether oxygens (including phenoxy) is 1. The Balaban J connectivity index is 4.03. The predicted octanol–water partition coefficient (Wildman–Crippen LogP) is 13.9. The van der Waals surface area contributed by atoms with Crippen molar-refractivity contribution in [1.29, 1.82) is 0 Å². The molecule has 0 saturated heterocycles. The van der Waals surface area contributed by atoms with E-state index >= 15 is 0 Å². The van der Waals surface area contributed by atoms with Crippen molar-refractivity contribution in [3.05, 3.63) is 48.6 Å². The number of carbonyl (C=O) groups is 1. The van der Waals surface area contributed by atoms with Gasteiger partial charge in [-0.3, -0.25) is 4.79 Å². The van der Waals surface area contributed by atoms with E-state index < -0.39 is 0 Å². The summed E-state index contributed by atoms with van der Waals surface area (Å²) in [6.07, 6.45) is 51.4. The first-order valence-corrected chi connectivity index (χ1v) is 20.4. The smallest absolute Gasteiger partial charge is 0.306 e. The summed E-state index contributed by atoms with van der Waals surface area (Å²) in [6, 6.07) is 0. The maximum atomic E-state index is 12.5. The molecule has 0 spiro atoms. The zero-order chi connectivity index (χ0) is 34.5. The topological polar surface area (TPSA) is 29.5 Å². The van der Waals surface area contributed by atoms with Crippen molar-refractivity contribution in [2.45, 2.75) is 200 Å². The molecule has 0 aliphatic rings. The van der Waals surface area contributed by atoms with Crippen LogP contribution >= 0.6 is 0 Å². The summed E-state index contributed by atoms with van der Waals surface area (Å²) in [6.45, 7) is 7.83. The van der Waals surface area contributed by atoms with Gasteiger partial charge in [0.1, 0.15) is 6.10 Å². The summed E-state index contributed by atoms with van der Waals surface area (Å²) in [5, 5.41) is 0. The van der Waals surface area contributed by atoms with Crippen LogP contribution in [0.2, 0.25) is 0 Å². The van der Waals surface area contributed by atoms with E-state index in [4.69, 9.17) is 4.74 Å². The maximum absolute atomic E-state index is 12.5. The molecular formula is C44H81NO2. The van der Waals surface area contributed by atoms with E-state index in [-0.39, 0.29) is 12.1 Å². The molecule has 0 aromatic carbocycles. The molecule has 274 valence electrons. The minimum atomic E-state index is 0.00604. The second-order valence-electron chi connectivity index (χ2n) is 14.4. The Morgan fingerprint density at radius 2 is 1.00 bits per heavy atom. The van der Waals surface area contributed by atoms with Gasteiger partial charge in [0, 0.05) is 6.42 Å². The van der Waals surface area contributed by atoms with E-state index in [1.807, 2.05) is 0 Å². The van der Waals surface area contributed by atoms with Gasteiger partial charge in [-0.05, 0) is 123 Å². The molecule has 0 N–H and O–H groups in total. The van der Waals surface area contributed by atoms with Crippen molar-refractivity contribution in [3.8, 4) is 0 Å². The number of rotatable bonds is 35. The Labute approximate surface area is 295 Å². The monoisotopic (exact) mass is 656 g/mol. The van der Waals surface area contributed by atoms with Crippen molar-refractivity contribution in [2.75, 3.05) is 20.6 Å². The second kappa shape index (κ2) is 37.2. The van der Waals surface area contributed by atoms with Gasteiger partial charge in [-0.25, -0.2) is 0 Å². The van der Waals surface area contributed by atoms with E-state index in [0.717, 1.165) is 44.6 Å². The van der Waals surface area contributed by atoms with E-state index in [1.54, 1.807) is 0 Å². The Morgan fingerprint density at radius 1 is 0.553 bits per heavy atom. The van der Waals surface area contributed by atoms with Gasteiger partial charge in [0.05, 0.1) is 0 Å². The average Bonchev–Trinajstić information content (AvgIpc) is 3.05. The molecule has 0 saturated carbocycles. The molecule has 2 unspecified atom stereocenters. The van der Waals surface area contributed by atoms with Gasteiger partial charge in [0.15, 0.2) is 0 Å². The number of hydrogen-bond acceptors (Lipinski definition) is 3. The van der Waals surface area contributed by atoms with Crippen LogP contribution < -0.4 is 0 Å². The lowest BCUT2D eigenvalue weighted by molar-refractivity contribution is -0.150. The fourth-order valence-corrected chi connectivity index (χ4v) is 5.84. The van der Waals surface area contributed by atoms with Crippen LogP contribution in [0.15, 0.2) is 48.6 Å². The van der Waals surface area contributed by atoms with Crippen molar-refractivity contribution in [2.24, 2.45) is 5.92 Å². The quantitative estimate of drug-likeness (QED) is 0.0386. The lowest BCUT2D eigenvalue weighted by Crippen LogP contribution is -2.20. The minimum absolute atomic E-state index is 0.00604. The zero-order valence-electron chi connectivity index (χ0n) is 32.3. The highest BCUT2D eigenvalue weighted by Gasteiger charge is 2.14. The molecule has 0 heterocycles. The van der Waals surface area contributed by atoms with Gasteiger partial charge in [0.2, 0.25) is 0 Å². The highest BCUT2D eigenvalue weighted by atomic mass is 16.5. The molecule has 0 fully saturated rings. The Bertz CT molecular complexity index is 765. The minimum Gasteiger partial charge on any atom is -0.462 e. The van der Waals surface area contributed by atoms with Gasteiger partial charge in [-0.2, -0.15) is 0 Å². The third-order valence-electron chi connectivity index (χ3n) is 9.29.